The highest BCUT2D eigenvalue weighted by Gasteiger charge is 2.33. The van der Waals surface area contributed by atoms with Crippen LogP contribution >= 0.6 is 22.9 Å². The van der Waals surface area contributed by atoms with Crippen molar-refractivity contribution in [3.8, 4) is 0 Å². The largest absolute Gasteiger partial charge is 0.435 e. The first-order chi connectivity index (χ1) is 13.9. The fourth-order valence-corrected chi connectivity index (χ4v) is 3.47. The second kappa shape index (κ2) is 7.84. The lowest BCUT2D eigenvalue weighted by molar-refractivity contribution is -0.141. The standard InChI is InChI=1S/C17H13ClF3N7S/c18-12-4-2-1-3-11(12)9-27-8-6-14(26-27)22-16-24-23-15(29-16)10-28-7-5-13(25-28)17(19,20)21/h1-8H,9-10H2,(H,22,24,26). The van der Waals surface area contributed by atoms with Gasteiger partial charge < -0.3 is 5.32 Å². The molecular formula is C17H13ClF3N7S. The summed E-state index contributed by atoms with van der Waals surface area (Å²) in [6, 6.07) is 10.2. The summed E-state index contributed by atoms with van der Waals surface area (Å²) in [5, 5.41) is 20.6. The molecular weight excluding hydrogens is 427 g/mol. The second-order valence-corrected chi connectivity index (χ2v) is 7.48. The van der Waals surface area contributed by atoms with Crippen LogP contribution in [0.15, 0.2) is 48.8 Å². The highest BCUT2D eigenvalue weighted by Crippen LogP contribution is 2.27. The number of anilines is 2. The van der Waals surface area contributed by atoms with Crippen molar-refractivity contribution >= 4 is 33.9 Å². The molecule has 0 fully saturated rings. The third-order valence-electron chi connectivity index (χ3n) is 3.86. The first-order valence-corrected chi connectivity index (χ1v) is 9.53. The lowest BCUT2D eigenvalue weighted by Crippen LogP contribution is -2.08. The highest BCUT2D eigenvalue weighted by atomic mass is 35.5. The molecule has 0 unspecified atom stereocenters. The van der Waals surface area contributed by atoms with Crippen LogP contribution in [-0.4, -0.2) is 29.8 Å². The van der Waals surface area contributed by atoms with Crippen molar-refractivity contribution in [3.63, 3.8) is 0 Å². The van der Waals surface area contributed by atoms with Gasteiger partial charge in [0.05, 0.1) is 13.1 Å². The van der Waals surface area contributed by atoms with Gasteiger partial charge in [-0.3, -0.25) is 9.36 Å². The molecule has 3 aromatic heterocycles. The van der Waals surface area contributed by atoms with Crippen molar-refractivity contribution in [3.05, 3.63) is 70.1 Å². The topological polar surface area (TPSA) is 73.5 Å². The zero-order valence-electron chi connectivity index (χ0n) is 14.6. The van der Waals surface area contributed by atoms with E-state index in [0.29, 0.717) is 27.5 Å². The van der Waals surface area contributed by atoms with Crippen molar-refractivity contribution in [2.24, 2.45) is 0 Å². The van der Waals surface area contributed by atoms with Gasteiger partial charge in [0, 0.05) is 23.5 Å². The molecule has 0 aliphatic carbocycles. The Hall–Kier alpha value is -2.92. The van der Waals surface area contributed by atoms with Gasteiger partial charge in [0.2, 0.25) is 5.13 Å². The van der Waals surface area contributed by atoms with E-state index in [0.717, 1.165) is 11.6 Å². The van der Waals surface area contributed by atoms with E-state index in [9.17, 15) is 13.2 Å². The van der Waals surface area contributed by atoms with Crippen LogP contribution in [0, 0.1) is 0 Å². The molecule has 4 rings (SSSR count). The van der Waals surface area contributed by atoms with E-state index in [1.165, 1.54) is 22.2 Å². The van der Waals surface area contributed by atoms with Crippen molar-refractivity contribution in [2.75, 3.05) is 5.32 Å². The summed E-state index contributed by atoms with van der Waals surface area (Å²) in [5.74, 6) is 0.568. The molecule has 0 spiro atoms. The maximum absolute atomic E-state index is 12.6. The summed E-state index contributed by atoms with van der Waals surface area (Å²) in [7, 11) is 0. The predicted molar refractivity (Wildman–Crippen MR) is 102 cm³/mol. The average molecular weight is 440 g/mol. The molecule has 150 valence electrons. The van der Waals surface area contributed by atoms with Gasteiger partial charge in [-0.15, -0.1) is 10.2 Å². The third-order valence-corrected chi connectivity index (χ3v) is 5.05. The number of hydrogen-bond donors (Lipinski definition) is 1. The number of alkyl halides is 3. The Morgan fingerprint density at radius 3 is 2.48 bits per heavy atom. The summed E-state index contributed by atoms with van der Waals surface area (Å²) in [6.07, 6.45) is -1.41. The molecule has 0 saturated carbocycles. The van der Waals surface area contributed by atoms with Crippen LogP contribution in [0.3, 0.4) is 0 Å². The molecule has 0 radical (unpaired) electrons. The molecule has 12 heteroatoms. The number of nitrogens with one attached hydrogen (secondary N) is 1. The van der Waals surface area contributed by atoms with Gasteiger partial charge >= 0.3 is 6.18 Å². The maximum Gasteiger partial charge on any atom is 0.435 e. The normalized spacial score (nSPS) is 11.7. The minimum Gasteiger partial charge on any atom is -0.313 e. The number of nitrogens with zero attached hydrogens (tertiary/aromatic N) is 6. The Morgan fingerprint density at radius 2 is 1.72 bits per heavy atom. The van der Waals surface area contributed by atoms with E-state index < -0.39 is 11.9 Å². The van der Waals surface area contributed by atoms with Gasteiger partial charge in [-0.2, -0.15) is 23.4 Å². The van der Waals surface area contributed by atoms with Crippen LogP contribution in [0.2, 0.25) is 5.02 Å². The van der Waals surface area contributed by atoms with E-state index in [1.54, 1.807) is 16.9 Å². The summed E-state index contributed by atoms with van der Waals surface area (Å²) in [6.45, 7) is 0.611. The molecule has 3 heterocycles. The number of hydrogen-bond acceptors (Lipinski definition) is 6. The molecule has 7 nitrogen and oxygen atoms in total. The Bertz CT molecular complexity index is 1120. The Balaban J connectivity index is 1.39. The molecule has 0 aliphatic rings. The SMILES string of the molecule is FC(F)(F)c1ccn(Cc2nnc(Nc3ccn(Cc4ccccc4Cl)n3)s2)n1. The molecule has 29 heavy (non-hydrogen) atoms. The lowest BCUT2D eigenvalue weighted by Gasteiger charge is -2.04. The molecule has 0 bridgehead atoms. The number of aromatic nitrogens is 6. The van der Waals surface area contributed by atoms with E-state index in [-0.39, 0.29) is 6.54 Å². The first-order valence-electron chi connectivity index (χ1n) is 8.34. The van der Waals surface area contributed by atoms with Crippen LogP contribution in [-0.2, 0) is 19.3 Å². The van der Waals surface area contributed by atoms with Crippen LogP contribution in [0.25, 0.3) is 0 Å². The Morgan fingerprint density at radius 1 is 0.966 bits per heavy atom. The van der Waals surface area contributed by atoms with Crippen LogP contribution in [0.5, 0.6) is 0 Å². The van der Waals surface area contributed by atoms with Crippen molar-refractivity contribution in [1.82, 2.24) is 29.8 Å². The molecule has 1 aromatic carbocycles. The molecule has 0 atom stereocenters. The van der Waals surface area contributed by atoms with Crippen LogP contribution in [0.1, 0.15) is 16.3 Å². The Kier molecular flexibility index (Phi) is 5.24. The predicted octanol–water partition coefficient (Wildman–Crippen LogP) is 4.44. The summed E-state index contributed by atoms with van der Waals surface area (Å²) in [4.78, 5) is 0. The molecule has 0 saturated heterocycles. The zero-order chi connectivity index (χ0) is 20.4. The van der Waals surface area contributed by atoms with E-state index >= 15 is 0 Å². The van der Waals surface area contributed by atoms with Gasteiger partial charge in [-0.05, 0) is 17.7 Å². The molecule has 0 aliphatic heterocycles. The monoisotopic (exact) mass is 439 g/mol. The van der Waals surface area contributed by atoms with Crippen molar-refractivity contribution < 1.29 is 13.2 Å². The fraction of sp³-hybridized carbons (Fsp3) is 0.176. The van der Waals surface area contributed by atoms with Crippen molar-refractivity contribution in [2.45, 2.75) is 19.3 Å². The molecule has 4 aromatic rings. The highest BCUT2D eigenvalue weighted by molar-refractivity contribution is 7.15. The second-order valence-electron chi connectivity index (χ2n) is 6.01. The molecule has 0 amide bonds. The van der Waals surface area contributed by atoms with E-state index in [1.807, 2.05) is 24.3 Å². The van der Waals surface area contributed by atoms with Crippen molar-refractivity contribution in [1.29, 1.82) is 0 Å². The summed E-state index contributed by atoms with van der Waals surface area (Å²) >= 11 is 7.37. The zero-order valence-corrected chi connectivity index (χ0v) is 16.2. The minimum absolute atomic E-state index is 0.0936. The summed E-state index contributed by atoms with van der Waals surface area (Å²) in [5.41, 5.74) is 0.00360. The smallest absolute Gasteiger partial charge is 0.313 e. The maximum atomic E-state index is 12.6. The Labute approximate surface area is 171 Å². The fourth-order valence-electron chi connectivity index (χ4n) is 2.53. The lowest BCUT2D eigenvalue weighted by atomic mass is 10.2. The number of benzene rings is 1. The number of rotatable bonds is 6. The minimum atomic E-state index is -4.47. The van der Waals surface area contributed by atoms with Crippen LogP contribution in [0.4, 0.5) is 24.1 Å². The van der Waals surface area contributed by atoms with Crippen LogP contribution < -0.4 is 5.32 Å². The van der Waals surface area contributed by atoms with E-state index in [4.69, 9.17) is 11.6 Å². The molecule has 1 N–H and O–H groups in total. The van der Waals surface area contributed by atoms with Gasteiger partial charge in [-0.1, -0.05) is 41.1 Å². The van der Waals surface area contributed by atoms with Gasteiger partial charge in [0.15, 0.2) is 11.5 Å². The van der Waals surface area contributed by atoms with Gasteiger partial charge in [0.1, 0.15) is 5.01 Å². The van der Waals surface area contributed by atoms with Gasteiger partial charge in [0.25, 0.3) is 0 Å². The first kappa shape index (κ1) is 19.4. The number of halogens is 4. The quantitative estimate of drug-likeness (QED) is 0.480. The van der Waals surface area contributed by atoms with E-state index in [2.05, 4.69) is 25.7 Å². The van der Waals surface area contributed by atoms with Gasteiger partial charge in [-0.25, -0.2) is 0 Å². The summed E-state index contributed by atoms with van der Waals surface area (Å²) < 4.78 is 40.8. The third kappa shape index (κ3) is 4.74. The average Bonchev–Trinajstić information content (AvgIpc) is 3.39.